The van der Waals surface area contributed by atoms with Gasteiger partial charge in [-0.25, -0.2) is 4.98 Å². The second kappa shape index (κ2) is 9.61. The van der Waals surface area contributed by atoms with Gasteiger partial charge in [0.25, 0.3) is 5.56 Å². The van der Waals surface area contributed by atoms with Gasteiger partial charge in [-0.15, -0.1) is 0 Å². The van der Waals surface area contributed by atoms with Crippen LogP contribution in [0.4, 0.5) is 0 Å². The van der Waals surface area contributed by atoms with Crippen molar-refractivity contribution in [1.29, 1.82) is 0 Å². The van der Waals surface area contributed by atoms with Gasteiger partial charge in [0.15, 0.2) is 5.16 Å². The lowest BCUT2D eigenvalue weighted by atomic mass is 10.1. The quantitative estimate of drug-likeness (QED) is 0.306. The molecular formula is C25H27N3O3S. The van der Waals surface area contributed by atoms with Crippen molar-refractivity contribution in [3.8, 4) is 0 Å². The molecule has 0 saturated carbocycles. The zero-order valence-electron chi connectivity index (χ0n) is 18.6. The first kappa shape index (κ1) is 22.1. The Kier molecular flexibility index (Phi) is 6.65. The van der Waals surface area contributed by atoms with Gasteiger partial charge in [0.05, 0.1) is 5.75 Å². The number of para-hydroxylation sites is 1. The Labute approximate surface area is 191 Å². The van der Waals surface area contributed by atoms with Gasteiger partial charge in [-0.1, -0.05) is 67.6 Å². The average Bonchev–Trinajstić information content (AvgIpc) is 3.15. The Hall–Kier alpha value is -3.06. The third-order valence-electron chi connectivity index (χ3n) is 5.32. The number of hydrogen-bond donors (Lipinski definition) is 1. The summed E-state index contributed by atoms with van der Waals surface area (Å²) in [7, 11) is 0. The normalized spacial score (nSPS) is 11.5. The summed E-state index contributed by atoms with van der Waals surface area (Å²) < 4.78 is 7.46. The van der Waals surface area contributed by atoms with E-state index >= 15 is 0 Å². The SMILES string of the molecule is Cc1ccc(CNC(=O)CSc2nc3c(oc4ccccc43)c(=O)n2CCC(C)C)cc1. The summed E-state index contributed by atoms with van der Waals surface area (Å²) >= 11 is 1.28. The molecule has 0 fully saturated rings. The maximum absolute atomic E-state index is 13.2. The summed E-state index contributed by atoms with van der Waals surface area (Å²) in [6, 6.07) is 15.6. The first-order valence-electron chi connectivity index (χ1n) is 10.8. The maximum Gasteiger partial charge on any atom is 0.297 e. The molecule has 2 heterocycles. The zero-order valence-corrected chi connectivity index (χ0v) is 19.4. The maximum atomic E-state index is 13.2. The number of amides is 1. The number of fused-ring (bicyclic) bond motifs is 3. The van der Waals surface area contributed by atoms with Crippen LogP contribution in [0.3, 0.4) is 0 Å². The zero-order chi connectivity index (χ0) is 22.7. The Bertz CT molecular complexity index is 1310. The fourth-order valence-corrected chi connectivity index (χ4v) is 4.28. The van der Waals surface area contributed by atoms with E-state index in [0.29, 0.717) is 35.3 Å². The number of nitrogens with one attached hydrogen (secondary N) is 1. The van der Waals surface area contributed by atoms with E-state index in [1.165, 1.54) is 17.3 Å². The van der Waals surface area contributed by atoms with Crippen LogP contribution in [0.2, 0.25) is 0 Å². The van der Waals surface area contributed by atoms with Gasteiger partial charge in [-0.2, -0.15) is 0 Å². The van der Waals surface area contributed by atoms with Gasteiger partial charge in [-0.3, -0.25) is 14.2 Å². The van der Waals surface area contributed by atoms with E-state index in [2.05, 4.69) is 19.2 Å². The number of aryl methyl sites for hydroxylation is 1. The number of benzene rings is 2. The Morgan fingerprint density at radius 2 is 1.91 bits per heavy atom. The highest BCUT2D eigenvalue weighted by Gasteiger charge is 2.18. The molecule has 0 spiro atoms. The molecule has 0 atom stereocenters. The van der Waals surface area contributed by atoms with Crippen molar-refractivity contribution in [1.82, 2.24) is 14.9 Å². The van der Waals surface area contributed by atoms with Gasteiger partial charge in [0, 0.05) is 18.5 Å². The van der Waals surface area contributed by atoms with Crippen molar-refractivity contribution in [3.05, 3.63) is 70.0 Å². The molecule has 0 aliphatic carbocycles. The summed E-state index contributed by atoms with van der Waals surface area (Å²) in [5.74, 6) is 0.516. The van der Waals surface area contributed by atoms with Crippen LogP contribution in [0.5, 0.6) is 0 Å². The van der Waals surface area contributed by atoms with Crippen molar-refractivity contribution in [2.24, 2.45) is 5.92 Å². The minimum Gasteiger partial charge on any atom is -0.448 e. The van der Waals surface area contributed by atoms with Crippen molar-refractivity contribution in [2.45, 2.75) is 45.4 Å². The number of nitrogens with zero attached hydrogens (tertiary/aromatic N) is 2. The molecule has 0 aliphatic heterocycles. The molecule has 1 N–H and O–H groups in total. The van der Waals surface area contributed by atoms with Crippen LogP contribution in [0.1, 0.15) is 31.4 Å². The topological polar surface area (TPSA) is 77.1 Å². The third kappa shape index (κ3) is 4.88. The highest BCUT2D eigenvalue weighted by atomic mass is 32.2. The largest absolute Gasteiger partial charge is 0.448 e. The molecule has 0 aliphatic rings. The fourth-order valence-electron chi connectivity index (χ4n) is 3.44. The van der Waals surface area contributed by atoms with Crippen molar-refractivity contribution in [3.63, 3.8) is 0 Å². The predicted molar refractivity (Wildman–Crippen MR) is 129 cm³/mol. The second-order valence-electron chi connectivity index (χ2n) is 8.36. The van der Waals surface area contributed by atoms with Gasteiger partial charge in [0.2, 0.25) is 11.5 Å². The first-order valence-corrected chi connectivity index (χ1v) is 11.8. The van der Waals surface area contributed by atoms with Crippen LogP contribution in [0.25, 0.3) is 22.1 Å². The van der Waals surface area contributed by atoms with Gasteiger partial charge >= 0.3 is 0 Å². The van der Waals surface area contributed by atoms with Crippen LogP contribution < -0.4 is 10.9 Å². The number of furan rings is 1. The lowest BCUT2D eigenvalue weighted by Crippen LogP contribution is -2.27. The lowest BCUT2D eigenvalue weighted by Gasteiger charge is -2.13. The number of aromatic nitrogens is 2. The van der Waals surface area contributed by atoms with Crippen molar-refractivity contribution in [2.75, 3.05) is 5.75 Å². The molecule has 7 heteroatoms. The van der Waals surface area contributed by atoms with Crippen LogP contribution in [0.15, 0.2) is 62.9 Å². The van der Waals surface area contributed by atoms with Crippen LogP contribution in [-0.2, 0) is 17.9 Å². The van der Waals surface area contributed by atoms with Crippen molar-refractivity contribution < 1.29 is 9.21 Å². The van der Waals surface area contributed by atoms with E-state index in [1.54, 1.807) is 4.57 Å². The van der Waals surface area contributed by atoms with Crippen LogP contribution in [-0.4, -0.2) is 21.2 Å². The summed E-state index contributed by atoms with van der Waals surface area (Å²) in [4.78, 5) is 30.5. The van der Waals surface area contributed by atoms with Crippen molar-refractivity contribution >= 4 is 39.7 Å². The first-order chi connectivity index (χ1) is 15.4. The molecule has 6 nitrogen and oxygen atoms in total. The van der Waals surface area contributed by atoms with E-state index < -0.39 is 0 Å². The molecule has 0 unspecified atom stereocenters. The lowest BCUT2D eigenvalue weighted by molar-refractivity contribution is -0.118. The molecule has 4 rings (SSSR count). The monoisotopic (exact) mass is 449 g/mol. The highest BCUT2D eigenvalue weighted by molar-refractivity contribution is 7.99. The standard InChI is InChI=1S/C25H27N3O3S/c1-16(2)12-13-28-24(30)23-22(19-6-4-5-7-20(19)31-23)27-25(28)32-15-21(29)26-14-18-10-8-17(3)9-11-18/h4-11,16H,12-15H2,1-3H3,(H,26,29). The molecular weight excluding hydrogens is 422 g/mol. The minimum absolute atomic E-state index is 0.0996. The summed E-state index contributed by atoms with van der Waals surface area (Å²) in [5.41, 5.74) is 3.49. The smallest absolute Gasteiger partial charge is 0.297 e. The van der Waals surface area contributed by atoms with E-state index in [-0.39, 0.29) is 22.8 Å². The number of rotatable bonds is 8. The van der Waals surface area contributed by atoms with Gasteiger partial charge < -0.3 is 9.73 Å². The molecule has 0 saturated heterocycles. The van der Waals surface area contributed by atoms with E-state index in [4.69, 9.17) is 9.40 Å². The third-order valence-corrected chi connectivity index (χ3v) is 6.30. The number of carbonyl (C=O) groups is 1. The Balaban J connectivity index is 1.57. The summed E-state index contributed by atoms with van der Waals surface area (Å²) in [6.45, 7) is 7.26. The Morgan fingerprint density at radius 1 is 1.16 bits per heavy atom. The van der Waals surface area contributed by atoms with Crippen LogP contribution in [0, 0.1) is 12.8 Å². The van der Waals surface area contributed by atoms with E-state index in [1.807, 2.05) is 55.5 Å². The molecule has 2 aromatic heterocycles. The van der Waals surface area contributed by atoms with Gasteiger partial charge in [0.1, 0.15) is 11.1 Å². The summed E-state index contributed by atoms with van der Waals surface area (Å²) in [5, 5.41) is 4.29. The van der Waals surface area contributed by atoms with Gasteiger partial charge in [-0.05, 0) is 37.0 Å². The minimum atomic E-state index is -0.200. The van der Waals surface area contributed by atoms with E-state index in [9.17, 15) is 9.59 Å². The number of carbonyl (C=O) groups excluding carboxylic acids is 1. The molecule has 0 radical (unpaired) electrons. The molecule has 4 aromatic rings. The molecule has 166 valence electrons. The van der Waals surface area contributed by atoms with E-state index in [0.717, 1.165) is 17.4 Å². The molecule has 1 amide bonds. The number of hydrogen-bond acceptors (Lipinski definition) is 5. The van der Waals surface area contributed by atoms with Crippen LogP contribution >= 0.6 is 11.8 Å². The highest BCUT2D eigenvalue weighted by Crippen LogP contribution is 2.27. The summed E-state index contributed by atoms with van der Waals surface area (Å²) in [6.07, 6.45) is 0.834. The predicted octanol–water partition coefficient (Wildman–Crippen LogP) is 4.91. The fraction of sp³-hybridized carbons (Fsp3) is 0.320. The molecule has 32 heavy (non-hydrogen) atoms. The Morgan fingerprint density at radius 3 is 2.66 bits per heavy atom. The molecule has 2 aromatic carbocycles. The molecule has 0 bridgehead atoms. The second-order valence-corrected chi connectivity index (χ2v) is 9.30. The average molecular weight is 450 g/mol. The number of thioether (sulfide) groups is 1.